The van der Waals surface area contributed by atoms with Crippen LogP contribution in [0.5, 0.6) is 0 Å². The third-order valence-corrected chi connectivity index (χ3v) is 9.00. The maximum absolute atomic E-state index is 3.29. The van der Waals surface area contributed by atoms with E-state index in [-0.39, 0.29) is 10.6 Å². The van der Waals surface area contributed by atoms with Gasteiger partial charge in [-0.3, -0.25) is 0 Å². The first-order valence-electron chi connectivity index (χ1n) is 9.94. The summed E-state index contributed by atoms with van der Waals surface area (Å²) in [4.78, 5) is 6.58. The first kappa shape index (κ1) is 21.6. The van der Waals surface area contributed by atoms with Gasteiger partial charge in [0.05, 0.1) is 13.2 Å². The van der Waals surface area contributed by atoms with Gasteiger partial charge in [-0.1, -0.05) is 57.7 Å². The van der Waals surface area contributed by atoms with E-state index in [0.717, 1.165) is 6.16 Å². The molecule has 0 fully saturated rings. The van der Waals surface area contributed by atoms with Crippen molar-refractivity contribution in [3.8, 4) is 0 Å². The zero-order valence-corrected chi connectivity index (χ0v) is 21.3. The molecular weight excluding hydrogens is 394 g/mol. The van der Waals surface area contributed by atoms with Crippen LogP contribution in [0.25, 0.3) is 0 Å². The van der Waals surface area contributed by atoms with Crippen LogP contribution in [-0.2, 0) is 16.7 Å². The maximum Gasteiger partial charge on any atom is 0.0779 e. The highest BCUT2D eigenvalue weighted by Gasteiger charge is 2.40. The fourth-order valence-corrected chi connectivity index (χ4v) is 7.13. The molecule has 3 rings (SSSR count). The molecule has 0 aliphatic carbocycles. The van der Waals surface area contributed by atoms with Gasteiger partial charge in [0.2, 0.25) is 0 Å². The number of benzene rings is 1. The van der Waals surface area contributed by atoms with E-state index in [0.29, 0.717) is 0 Å². The minimum absolute atomic E-state index is 0.0508. The fourth-order valence-electron chi connectivity index (χ4n) is 4.26. The Morgan fingerprint density at radius 1 is 0.857 bits per heavy atom. The lowest BCUT2D eigenvalue weighted by Crippen LogP contribution is -2.45. The molecule has 0 saturated heterocycles. The lowest BCUT2D eigenvalue weighted by molar-refractivity contribution is 0.580. The molecule has 2 N–H and O–H groups in total. The van der Waals surface area contributed by atoms with E-state index in [1.807, 2.05) is 12.4 Å². The lowest BCUT2D eigenvalue weighted by atomic mass is 9.74. The summed E-state index contributed by atoms with van der Waals surface area (Å²) >= 11 is 0. The average Bonchev–Trinajstić information content (AvgIpc) is 3.31. The number of aromatic amines is 2. The maximum atomic E-state index is 3.29. The van der Waals surface area contributed by atoms with Crippen molar-refractivity contribution in [2.75, 3.05) is 0 Å². The number of hydrogen-bond acceptors (Lipinski definition) is 0. The molecule has 28 heavy (non-hydrogen) atoms. The molecule has 0 bridgehead atoms. The van der Waals surface area contributed by atoms with Crippen LogP contribution >= 0.6 is 18.5 Å². The van der Waals surface area contributed by atoms with Gasteiger partial charge in [0.15, 0.2) is 0 Å². The molecule has 1 aromatic carbocycles. The highest BCUT2D eigenvalue weighted by molar-refractivity contribution is 7.19. The first-order valence-corrected chi connectivity index (χ1v) is 14.8. The van der Waals surface area contributed by atoms with Crippen molar-refractivity contribution in [2.45, 2.75) is 57.1 Å². The summed E-state index contributed by atoms with van der Waals surface area (Å²) in [6, 6.07) is 9.19. The van der Waals surface area contributed by atoms with E-state index in [9.17, 15) is 0 Å². The van der Waals surface area contributed by atoms with Crippen LogP contribution in [0.3, 0.4) is 0 Å². The summed E-state index contributed by atoms with van der Waals surface area (Å²) in [6.45, 7) is 14.5. The highest BCUT2D eigenvalue weighted by Crippen LogP contribution is 2.49. The largest absolute Gasteiger partial charge is 0.367 e. The zero-order chi connectivity index (χ0) is 20.7. The SMILES string of the molecule is CC(C)(C)c1c([Si](C)(C)C)ccc(CP)c1C(P)(c1cc[nH]c1)c1cc[nH]c1. The van der Waals surface area contributed by atoms with Gasteiger partial charge in [0.1, 0.15) is 0 Å². The summed E-state index contributed by atoms with van der Waals surface area (Å²) in [6.07, 6.45) is 9.27. The molecule has 2 heterocycles. The minimum Gasteiger partial charge on any atom is -0.367 e. The lowest BCUT2D eigenvalue weighted by Gasteiger charge is -2.40. The second-order valence-electron chi connectivity index (χ2n) is 9.73. The van der Waals surface area contributed by atoms with Gasteiger partial charge >= 0.3 is 0 Å². The number of hydrogen-bond donors (Lipinski definition) is 2. The smallest absolute Gasteiger partial charge is 0.0779 e. The Labute approximate surface area is 175 Å². The van der Waals surface area contributed by atoms with E-state index in [4.69, 9.17) is 0 Å². The van der Waals surface area contributed by atoms with Crippen LogP contribution in [0.4, 0.5) is 0 Å². The van der Waals surface area contributed by atoms with Gasteiger partial charge < -0.3 is 9.97 Å². The van der Waals surface area contributed by atoms with E-state index in [1.165, 1.54) is 27.8 Å². The Morgan fingerprint density at radius 3 is 1.75 bits per heavy atom. The Bertz CT molecular complexity index is 896. The van der Waals surface area contributed by atoms with Gasteiger partial charge in [0.25, 0.3) is 0 Å². The van der Waals surface area contributed by atoms with Crippen LogP contribution in [0.1, 0.15) is 48.6 Å². The van der Waals surface area contributed by atoms with Crippen LogP contribution < -0.4 is 5.19 Å². The Hall–Kier alpha value is -1.14. The van der Waals surface area contributed by atoms with Crippen LogP contribution in [0.15, 0.2) is 49.1 Å². The standard InChI is InChI=1S/C23H34N2P2Si/c1-22(2,3)21-19(28(4,5)6)8-7-16(15-26)20(21)23(27,17-9-11-24-13-17)18-10-12-25-14-18/h7-14,24-25H,15,26-27H2,1-6H3. The van der Waals surface area contributed by atoms with Gasteiger partial charge in [-0.25, -0.2) is 0 Å². The van der Waals surface area contributed by atoms with Crippen molar-refractivity contribution in [3.63, 3.8) is 0 Å². The number of nitrogens with one attached hydrogen (secondary N) is 2. The average molecular weight is 429 g/mol. The Balaban J connectivity index is 2.51. The van der Waals surface area contributed by atoms with E-state index >= 15 is 0 Å². The number of H-pyrrole nitrogens is 2. The summed E-state index contributed by atoms with van der Waals surface area (Å²) < 4.78 is 0. The molecule has 2 unspecified atom stereocenters. The molecule has 2 atom stereocenters. The number of rotatable bonds is 5. The summed E-state index contributed by atoms with van der Waals surface area (Å²) in [5, 5.41) is 1.26. The van der Waals surface area contributed by atoms with Crippen molar-refractivity contribution in [3.05, 3.63) is 76.9 Å². The van der Waals surface area contributed by atoms with Crippen LogP contribution in [-0.4, -0.2) is 18.0 Å². The molecule has 0 aliphatic heterocycles. The highest BCUT2D eigenvalue weighted by atomic mass is 31.0. The van der Waals surface area contributed by atoms with Crippen molar-refractivity contribution in [1.29, 1.82) is 0 Å². The molecule has 2 nitrogen and oxygen atoms in total. The van der Waals surface area contributed by atoms with E-state index in [1.54, 1.807) is 5.19 Å². The minimum atomic E-state index is -1.53. The molecule has 0 aliphatic rings. The van der Waals surface area contributed by atoms with Crippen molar-refractivity contribution >= 4 is 31.7 Å². The van der Waals surface area contributed by atoms with Gasteiger partial charge in [-0.15, -0.1) is 18.5 Å². The molecule has 0 radical (unpaired) electrons. The monoisotopic (exact) mass is 428 g/mol. The molecule has 150 valence electrons. The van der Waals surface area contributed by atoms with Crippen molar-refractivity contribution in [2.24, 2.45) is 0 Å². The van der Waals surface area contributed by atoms with Crippen LogP contribution in [0.2, 0.25) is 19.6 Å². The molecule has 0 spiro atoms. The summed E-state index contributed by atoms with van der Waals surface area (Å²) in [5.41, 5.74) is 6.96. The molecule has 2 aromatic heterocycles. The molecule has 5 heteroatoms. The van der Waals surface area contributed by atoms with Gasteiger partial charge in [0, 0.05) is 24.8 Å². The molecule has 3 aromatic rings. The van der Waals surface area contributed by atoms with Gasteiger partial charge in [-0.05, 0) is 51.5 Å². The summed E-state index contributed by atoms with van der Waals surface area (Å²) in [7, 11) is 4.64. The quantitative estimate of drug-likeness (QED) is 0.384. The fraction of sp³-hybridized carbons (Fsp3) is 0.391. The third-order valence-electron chi connectivity index (χ3n) is 5.57. The second kappa shape index (κ2) is 7.60. The molecular formula is C23H34N2P2Si. The zero-order valence-electron chi connectivity index (χ0n) is 18.0. The molecule has 0 amide bonds. The second-order valence-corrected chi connectivity index (χ2v) is 16.0. The number of aromatic nitrogens is 2. The third kappa shape index (κ3) is 3.70. The van der Waals surface area contributed by atoms with Gasteiger partial charge in [-0.2, -0.15) is 0 Å². The predicted molar refractivity (Wildman–Crippen MR) is 133 cm³/mol. The Morgan fingerprint density at radius 2 is 1.39 bits per heavy atom. The predicted octanol–water partition coefficient (Wildman–Crippen LogP) is 5.73. The molecule has 0 saturated carbocycles. The van der Waals surface area contributed by atoms with Crippen molar-refractivity contribution in [1.82, 2.24) is 9.97 Å². The van der Waals surface area contributed by atoms with Crippen LogP contribution in [0, 0.1) is 0 Å². The first-order chi connectivity index (χ1) is 13.0. The normalized spacial score (nSPS) is 13.1. The van der Waals surface area contributed by atoms with E-state index in [2.05, 4.69) is 106 Å². The summed E-state index contributed by atoms with van der Waals surface area (Å²) in [5.74, 6) is 0. The Kier molecular flexibility index (Phi) is 5.85. The van der Waals surface area contributed by atoms with Crippen molar-refractivity contribution < 1.29 is 0 Å². The van der Waals surface area contributed by atoms with E-state index < -0.39 is 8.07 Å². The topological polar surface area (TPSA) is 31.6 Å².